The van der Waals surface area contributed by atoms with Crippen molar-refractivity contribution in [2.75, 3.05) is 6.54 Å². The summed E-state index contributed by atoms with van der Waals surface area (Å²) in [6, 6.07) is 0. The highest BCUT2D eigenvalue weighted by molar-refractivity contribution is 6.31. The van der Waals surface area contributed by atoms with Crippen LogP contribution in [0.3, 0.4) is 0 Å². The molecule has 1 atom stereocenters. The first-order valence-corrected chi connectivity index (χ1v) is 4.25. The Bertz CT molecular complexity index is 140. The minimum absolute atomic E-state index is 0.0818. The first kappa shape index (κ1) is 10.8. The molecule has 11 heavy (non-hydrogen) atoms. The van der Waals surface area contributed by atoms with Gasteiger partial charge in [0.2, 0.25) is 5.91 Å². The summed E-state index contributed by atoms with van der Waals surface area (Å²) in [4.78, 5) is 11.1. The molecule has 0 saturated carbocycles. The van der Waals surface area contributed by atoms with Crippen molar-refractivity contribution in [3.05, 3.63) is 0 Å². The van der Waals surface area contributed by atoms with Crippen molar-refractivity contribution in [1.82, 2.24) is 5.32 Å². The average Bonchev–Trinajstić information content (AvgIpc) is 1.85. The van der Waals surface area contributed by atoms with Crippen molar-refractivity contribution in [1.29, 1.82) is 0 Å². The van der Waals surface area contributed by atoms with E-state index in [2.05, 4.69) is 5.32 Å². The molecular formula is C8H16ClNO. The lowest BCUT2D eigenvalue weighted by atomic mass is 9.91. The van der Waals surface area contributed by atoms with Gasteiger partial charge in [0.05, 0.1) is 0 Å². The molecule has 0 saturated heterocycles. The normalized spacial score (nSPS) is 14.3. The van der Waals surface area contributed by atoms with E-state index in [1.165, 1.54) is 0 Å². The van der Waals surface area contributed by atoms with Crippen LogP contribution < -0.4 is 5.32 Å². The fraction of sp³-hybridized carbons (Fsp3) is 0.875. The maximum absolute atomic E-state index is 11.1. The lowest BCUT2D eigenvalue weighted by molar-refractivity contribution is -0.122. The van der Waals surface area contributed by atoms with Crippen molar-refractivity contribution < 1.29 is 4.79 Å². The Morgan fingerprint density at radius 1 is 1.55 bits per heavy atom. The molecule has 0 aromatic carbocycles. The summed E-state index contributed by atoms with van der Waals surface area (Å²) >= 11 is 5.87. The predicted octanol–water partition coefficient (Wildman–Crippen LogP) is 1.78. The standard InChI is InChI=1S/C8H16ClNO/c1-5-10-7(11)6(9)8(2,3)4/h6H,5H2,1-4H3,(H,10,11). The summed E-state index contributed by atoms with van der Waals surface area (Å²) in [5, 5.41) is 2.24. The Hall–Kier alpha value is -0.240. The molecule has 0 heterocycles. The number of hydrogen-bond acceptors (Lipinski definition) is 1. The van der Waals surface area contributed by atoms with Gasteiger partial charge in [-0.25, -0.2) is 0 Å². The molecule has 0 aromatic heterocycles. The molecule has 0 aromatic rings. The van der Waals surface area contributed by atoms with E-state index in [0.717, 1.165) is 0 Å². The van der Waals surface area contributed by atoms with Gasteiger partial charge < -0.3 is 5.32 Å². The van der Waals surface area contributed by atoms with E-state index in [-0.39, 0.29) is 11.3 Å². The van der Waals surface area contributed by atoms with E-state index in [1.807, 2.05) is 27.7 Å². The lowest BCUT2D eigenvalue weighted by Crippen LogP contribution is -2.38. The smallest absolute Gasteiger partial charge is 0.238 e. The first-order valence-electron chi connectivity index (χ1n) is 3.81. The average molecular weight is 178 g/mol. The Morgan fingerprint density at radius 3 is 2.27 bits per heavy atom. The van der Waals surface area contributed by atoms with Crippen molar-refractivity contribution in [2.24, 2.45) is 5.41 Å². The van der Waals surface area contributed by atoms with Crippen molar-refractivity contribution in [3.63, 3.8) is 0 Å². The monoisotopic (exact) mass is 177 g/mol. The molecule has 3 heteroatoms. The Balaban J connectivity index is 4.03. The van der Waals surface area contributed by atoms with Gasteiger partial charge in [0.15, 0.2) is 0 Å². The van der Waals surface area contributed by atoms with Crippen LogP contribution in [0.1, 0.15) is 27.7 Å². The van der Waals surface area contributed by atoms with Crippen LogP contribution >= 0.6 is 11.6 Å². The topological polar surface area (TPSA) is 29.1 Å². The van der Waals surface area contributed by atoms with Gasteiger partial charge in [-0.3, -0.25) is 4.79 Å². The minimum Gasteiger partial charge on any atom is -0.355 e. The molecule has 0 spiro atoms. The Kier molecular flexibility index (Phi) is 3.87. The van der Waals surface area contributed by atoms with E-state index in [9.17, 15) is 4.79 Å². The molecule has 1 amide bonds. The highest BCUT2D eigenvalue weighted by Gasteiger charge is 2.28. The molecule has 0 fully saturated rings. The fourth-order valence-corrected chi connectivity index (χ4v) is 0.734. The Labute approximate surface area is 73.3 Å². The highest BCUT2D eigenvalue weighted by Crippen LogP contribution is 2.24. The van der Waals surface area contributed by atoms with Crippen molar-refractivity contribution >= 4 is 17.5 Å². The van der Waals surface area contributed by atoms with Crippen LogP contribution in [0.4, 0.5) is 0 Å². The SMILES string of the molecule is CCNC(=O)C(Cl)C(C)(C)C. The molecule has 0 aliphatic heterocycles. The second kappa shape index (κ2) is 3.96. The maximum Gasteiger partial charge on any atom is 0.238 e. The number of carbonyl (C=O) groups excluding carboxylic acids is 1. The zero-order valence-electron chi connectivity index (χ0n) is 7.57. The number of rotatable bonds is 2. The summed E-state index contributed by atoms with van der Waals surface area (Å²) < 4.78 is 0. The van der Waals surface area contributed by atoms with Crippen LogP contribution in [-0.4, -0.2) is 17.8 Å². The van der Waals surface area contributed by atoms with Gasteiger partial charge in [-0.2, -0.15) is 0 Å². The zero-order valence-corrected chi connectivity index (χ0v) is 8.33. The molecule has 0 aliphatic rings. The van der Waals surface area contributed by atoms with Crippen LogP contribution in [0.5, 0.6) is 0 Å². The quantitative estimate of drug-likeness (QED) is 0.641. The van der Waals surface area contributed by atoms with Crippen LogP contribution in [0.15, 0.2) is 0 Å². The van der Waals surface area contributed by atoms with Crippen LogP contribution in [0.2, 0.25) is 0 Å². The molecule has 0 aliphatic carbocycles. The van der Waals surface area contributed by atoms with Crippen molar-refractivity contribution in [2.45, 2.75) is 33.1 Å². The summed E-state index contributed by atoms with van der Waals surface area (Å²) in [5.74, 6) is -0.0818. The lowest BCUT2D eigenvalue weighted by Gasteiger charge is -2.23. The van der Waals surface area contributed by atoms with Gasteiger partial charge in [0, 0.05) is 6.54 Å². The third-order valence-corrected chi connectivity index (χ3v) is 2.19. The minimum atomic E-state index is -0.442. The highest BCUT2D eigenvalue weighted by atomic mass is 35.5. The molecule has 1 N–H and O–H groups in total. The van der Waals surface area contributed by atoms with Crippen LogP contribution in [0, 0.1) is 5.41 Å². The summed E-state index contributed by atoms with van der Waals surface area (Å²) in [5.41, 5.74) is -0.166. The van der Waals surface area contributed by atoms with Crippen molar-refractivity contribution in [3.8, 4) is 0 Å². The number of alkyl halides is 1. The van der Waals surface area contributed by atoms with Gasteiger partial charge in [-0.15, -0.1) is 11.6 Å². The molecular weight excluding hydrogens is 162 g/mol. The summed E-state index contributed by atoms with van der Waals surface area (Å²) in [6.07, 6.45) is 0. The maximum atomic E-state index is 11.1. The predicted molar refractivity (Wildman–Crippen MR) is 47.8 cm³/mol. The molecule has 0 rings (SSSR count). The van der Waals surface area contributed by atoms with Gasteiger partial charge in [0.1, 0.15) is 5.38 Å². The number of amides is 1. The van der Waals surface area contributed by atoms with Crippen LogP contribution in [0.25, 0.3) is 0 Å². The van der Waals surface area contributed by atoms with E-state index in [4.69, 9.17) is 11.6 Å². The zero-order chi connectivity index (χ0) is 9.07. The van der Waals surface area contributed by atoms with Crippen LogP contribution in [-0.2, 0) is 4.79 Å². The molecule has 66 valence electrons. The van der Waals surface area contributed by atoms with Gasteiger partial charge >= 0.3 is 0 Å². The van der Waals surface area contributed by atoms with Gasteiger partial charge in [-0.05, 0) is 12.3 Å². The molecule has 0 radical (unpaired) electrons. The molecule has 2 nitrogen and oxygen atoms in total. The third kappa shape index (κ3) is 3.61. The number of carbonyl (C=O) groups is 1. The largest absolute Gasteiger partial charge is 0.355 e. The van der Waals surface area contributed by atoms with E-state index in [1.54, 1.807) is 0 Å². The summed E-state index contributed by atoms with van der Waals surface area (Å²) in [6.45, 7) is 8.35. The molecule has 0 bridgehead atoms. The van der Waals surface area contributed by atoms with Gasteiger partial charge in [0.25, 0.3) is 0 Å². The van der Waals surface area contributed by atoms with E-state index < -0.39 is 5.38 Å². The molecule has 1 unspecified atom stereocenters. The van der Waals surface area contributed by atoms with E-state index >= 15 is 0 Å². The van der Waals surface area contributed by atoms with Gasteiger partial charge in [-0.1, -0.05) is 20.8 Å². The third-order valence-electron chi connectivity index (χ3n) is 1.34. The second-order valence-corrected chi connectivity index (χ2v) is 4.06. The van der Waals surface area contributed by atoms with E-state index in [0.29, 0.717) is 6.54 Å². The fourth-order valence-electron chi connectivity index (χ4n) is 0.657. The first-order chi connectivity index (χ1) is 4.89. The second-order valence-electron chi connectivity index (χ2n) is 3.62. The summed E-state index contributed by atoms with van der Waals surface area (Å²) in [7, 11) is 0. The number of halogens is 1. The number of hydrogen-bond donors (Lipinski definition) is 1. The Morgan fingerprint density at radius 2 is 2.00 bits per heavy atom. The number of nitrogens with one attached hydrogen (secondary N) is 1.